The van der Waals surface area contributed by atoms with Crippen molar-refractivity contribution in [2.75, 3.05) is 26.7 Å². The maximum Gasteiger partial charge on any atom is 0.375 e. The highest BCUT2D eigenvalue weighted by Gasteiger charge is 2.35. The van der Waals surface area contributed by atoms with Gasteiger partial charge in [-0.15, -0.1) is 0 Å². The minimum Gasteiger partial charge on any atom is -0.460 e. The number of hydrogen-bond donors (Lipinski definition) is 0. The molecule has 1 saturated heterocycles. The fraction of sp³-hybridized carbons (Fsp3) is 0.700. The summed E-state index contributed by atoms with van der Waals surface area (Å²) in [6.07, 6.45) is 0.326. The number of likely N-dealkylation sites (tertiary alicyclic amines) is 1. The Hall–Kier alpha value is -1.23. The molecular formula is C10H15NO4. The van der Waals surface area contributed by atoms with E-state index in [4.69, 9.17) is 0 Å². The van der Waals surface area contributed by atoms with Crippen LogP contribution in [0.25, 0.3) is 0 Å². The number of esters is 1. The second kappa shape index (κ2) is 5.02. The molecule has 84 valence electrons. The average Bonchev–Trinajstić information content (AvgIpc) is 2.21. The van der Waals surface area contributed by atoms with E-state index in [1.165, 1.54) is 0 Å². The standard InChI is InChI=1S/C10H15NO4/c1-3-15-10(14)9(13)7-6-11(2)5-4-8(7)12/h7H,3-6H2,1-2H3. The van der Waals surface area contributed by atoms with E-state index in [-0.39, 0.29) is 12.4 Å². The molecule has 1 rings (SSSR count). The SMILES string of the molecule is CCOC(=O)C(=O)C1CN(C)CCC1=O. The van der Waals surface area contributed by atoms with E-state index in [2.05, 4.69) is 4.74 Å². The zero-order valence-corrected chi connectivity index (χ0v) is 8.99. The summed E-state index contributed by atoms with van der Waals surface area (Å²) in [5.74, 6) is -2.60. The number of Topliss-reactive ketones (excluding diaryl/α,β-unsaturated/α-hetero) is 2. The van der Waals surface area contributed by atoms with Crippen molar-refractivity contribution in [1.82, 2.24) is 4.90 Å². The van der Waals surface area contributed by atoms with Gasteiger partial charge in [0.2, 0.25) is 0 Å². The summed E-state index contributed by atoms with van der Waals surface area (Å²) in [6.45, 7) is 2.74. The van der Waals surface area contributed by atoms with Gasteiger partial charge in [-0.25, -0.2) is 4.79 Å². The summed E-state index contributed by atoms with van der Waals surface area (Å²) in [6, 6.07) is 0. The van der Waals surface area contributed by atoms with Gasteiger partial charge >= 0.3 is 5.97 Å². The largest absolute Gasteiger partial charge is 0.460 e. The minimum atomic E-state index is -0.897. The van der Waals surface area contributed by atoms with Gasteiger partial charge < -0.3 is 9.64 Å². The van der Waals surface area contributed by atoms with Crippen LogP contribution >= 0.6 is 0 Å². The topological polar surface area (TPSA) is 63.7 Å². The number of ether oxygens (including phenoxy) is 1. The van der Waals surface area contributed by atoms with E-state index in [0.29, 0.717) is 19.5 Å². The summed E-state index contributed by atoms with van der Waals surface area (Å²) in [5.41, 5.74) is 0. The molecule has 1 heterocycles. The van der Waals surface area contributed by atoms with Crippen LogP contribution in [0, 0.1) is 5.92 Å². The van der Waals surface area contributed by atoms with Crippen LogP contribution in [-0.4, -0.2) is 49.2 Å². The molecule has 0 aromatic heterocycles. The van der Waals surface area contributed by atoms with Crippen molar-refractivity contribution < 1.29 is 19.1 Å². The van der Waals surface area contributed by atoms with Crippen LogP contribution < -0.4 is 0 Å². The zero-order valence-electron chi connectivity index (χ0n) is 8.99. The van der Waals surface area contributed by atoms with Crippen molar-refractivity contribution in [1.29, 1.82) is 0 Å². The normalized spacial score (nSPS) is 22.5. The first-order valence-corrected chi connectivity index (χ1v) is 4.98. The quantitative estimate of drug-likeness (QED) is 0.364. The molecule has 15 heavy (non-hydrogen) atoms. The molecule has 1 fully saturated rings. The Morgan fingerprint density at radius 1 is 1.53 bits per heavy atom. The van der Waals surface area contributed by atoms with Crippen molar-refractivity contribution in [3.63, 3.8) is 0 Å². The first kappa shape index (κ1) is 11.8. The molecule has 0 aromatic carbocycles. The molecule has 0 bridgehead atoms. The Balaban J connectivity index is 2.64. The van der Waals surface area contributed by atoms with E-state index >= 15 is 0 Å². The maximum atomic E-state index is 11.5. The van der Waals surface area contributed by atoms with Crippen LogP contribution in [0.1, 0.15) is 13.3 Å². The Labute approximate surface area is 88.4 Å². The Morgan fingerprint density at radius 3 is 2.80 bits per heavy atom. The number of carbonyl (C=O) groups excluding carboxylic acids is 3. The molecule has 0 radical (unpaired) electrons. The third-order valence-corrected chi connectivity index (χ3v) is 2.42. The van der Waals surface area contributed by atoms with Gasteiger partial charge in [-0.05, 0) is 14.0 Å². The van der Waals surface area contributed by atoms with Gasteiger partial charge in [-0.1, -0.05) is 0 Å². The smallest absolute Gasteiger partial charge is 0.375 e. The van der Waals surface area contributed by atoms with Crippen LogP contribution in [0.4, 0.5) is 0 Å². The van der Waals surface area contributed by atoms with Crippen LogP contribution in [-0.2, 0) is 19.1 Å². The Morgan fingerprint density at radius 2 is 2.20 bits per heavy atom. The fourth-order valence-corrected chi connectivity index (χ4v) is 1.55. The molecule has 0 amide bonds. The number of piperidine rings is 1. The number of hydrogen-bond acceptors (Lipinski definition) is 5. The van der Waals surface area contributed by atoms with Crippen LogP contribution in [0.15, 0.2) is 0 Å². The third kappa shape index (κ3) is 2.86. The lowest BCUT2D eigenvalue weighted by Gasteiger charge is -2.26. The van der Waals surface area contributed by atoms with Gasteiger partial charge in [0, 0.05) is 19.5 Å². The highest BCUT2D eigenvalue weighted by molar-refractivity contribution is 6.38. The summed E-state index contributed by atoms with van der Waals surface area (Å²) < 4.78 is 4.58. The van der Waals surface area contributed by atoms with Crippen molar-refractivity contribution in [2.45, 2.75) is 13.3 Å². The van der Waals surface area contributed by atoms with Crippen molar-refractivity contribution >= 4 is 17.5 Å². The fourth-order valence-electron chi connectivity index (χ4n) is 1.55. The van der Waals surface area contributed by atoms with Gasteiger partial charge in [0.25, 0.3) is 5.78 Å². The molecule has 0 aromatic rings. The van der Waals surface area contributed by atoms with E-state index < -0.39 is 17.7 Å². The van der Waals surface area contributed by atoms with E-state index in [9.17, 15) is 14.4 Å². The molecule has 1 unspecified atom stereocenters. The average molecular weight is 213 g/mol. The van der Waals surface area contributed by atoms with Crippen molar-refractivity contribution in [2.24, 2.45) is 5.92 Å². The van der Waals surface area contributed by atoms with E-state index in [1.54, 1.807) is 6.92 Å². The zero-order chi connectivity index (χ0) is 11.4. The molecule has 1 aliphatic rings. The van der Waals surface area contributed by atoms with Gasteiger partial charge in [0.05, 0.1) is 6.61 Å². The first-order valence-electron chi connectivity index (χ1n) is 4.98. The Kier molecular flexibility index (Phi) is 3.96. The predicted molar refractivity (Wildman–Crippen MR) is 52.3 cm³/mol. The third-order valence-electron chi connectivity index (χ3n) is 2.42. The number of nitrogens with zero attached hydrogens (tertiary/aromatic N) is 1. The van der Waals surface area contributed by atoms with Gasteiger partial charge in [0.1, 0.15) is 11.7 Å². The molecule has 1 aliphatic heterocycles. The lowest BCUT2D eigenvalue weighted by atomic mass is 9.93. The molecule has 0 N–H and O–H groups in total. The molecule has 0 saturated carbocycles. The van der Waals surface area contributed by atoms with Crippen molar-refractivity contribution in [3.05, 3.63) is 0 Å². The maximum absolute atomic E-state index is 11.5. The number of ketones is 2. The second-order valence-corrected chi connectivity index (χ2v) is 3.62. The first-order chi connectivity index (χ1) is 7.06. The lowest BCUT2D eigenvalue weighted by molar-refractivity contribution is -0.157. The van der Waals surface area contributed by atoms with Crippen LogP contribution in [0.3, 0.4) is 0 Å². The van der Waals surface area contributed by atoms with Gasteiger partial charge in [-0.3, -0.25) is 9.59 Å². The summed E-state index contributed by atoms with van der Waals surface area (Å²) in [5, 5.41) is 0. The lowest BCUT2D eigenvalue weighted by Crippen LogP contribution is -2.44. The van der Waals surface area contributed by atoms with E-state index in [1.807, 2.05) is 11.9 Å². The number of carbonyl (C=O) groups is 3. The minimum absolute atomic E-state index is 0.154. The highest BCUT2D eigenvalue weighted by Crippen LogP contribution is 2.13. The summed E-state index contributed by atoms with van der Waals surface area (Å²) >= 11 is 0. The summed E-state index contributed by atoms with van der Waals surface area (Å²) in [7, 11) is 1.82. The monoisotopic (exact) mass is 213 g/mol. The van der Waals surface area contributed by atoms with Crippen LogP contribution in [0.2, 0.25) is 0 Å². The highest BCUT2D eigenvalue weighted by atomic mass is 16.5. The molecular weight excluding hydrogens is 198 g/mol. The number of rotatable bonds is 3. The van der Waals surface area contributed by atoms with Gasteiger partial charge in [0.15, 0.2) is 0 Å². The molecule has 5 nitrogen and oxygen atoms in total. The van der Waals surface area contributed by atoms with Gasteiger partial charge in [-0.2, -0.15) is 0 Å². The Bertz CT molecular complexity index is 287. The predicted octanol–water partition coefficient (Wildman–Crippen LogP) is -0.361. The van der Waals surface area contributed by atoms with E-state index in [0.717, 1.165) is 0 Å². The molecule has 5 heteroatoms. The molecule has 1 atom stereocenters. The summed E-state index contributed by atoms with van der Waals surface area (Å²) in [4.78, 5) is 36.0. The molecule has 0 aliphatic carbocycles. The molecule has 0 spiro atoms. The second-order valence-electron chi connectivity index (χ2n) is 3.62. The van der Waals surface area contributed by atoms with Crippen LogP contribution in [0.5, 0.6) is 0 Å². The van der Waals surface area contributed by atoms with Crippen molar-refractivity contribution in [3.8, 4) is 0 Å².